The molecule has 1 heterocycles. The molecule has 2 aliphatic rings. The van der Waals surface area contributed by atoms with Crippen LogP contribution in [0.1, 0.15) is 36.0 Å². The van der Waals surface area contributed by atoms with Gasteiger partial charge in [-0.3, -0.25) is 15.1 Å². The average molecular weight is 524 g/mol. The number of halogens is 7. The largest absolute Gasteiger partial charge is 0.428 e. The first-order valence-electron chi connectivity index (χ1n) is 9.94. The summed E-state index contributed by atoms with van der Waals surface area (Å²) in [5.41, 5.74) is -0.691. The maximum Gasteiger partial charge on any atom is 0.428 e. The van der Waals surface area contributed by atoms with Crippen LogP contribution in [0.2, 0.25) is 15.1 Å². The van der Waals surface area contributed by atoms with Gasteiger partial charge in [-0.1, -0.05) is 34.8 Å². The van der Waals surface area contributed by atoms with Gasteiger partial charge in [-0.25, -0.2) is 4.39 Å². The number of rotatable bonds is 6. The molecule has 11 heteroatoms. The van der Waals surface area contributed by atoms with Crippen LogP contribution in [0.15, 0.2) is 36.4 Å². The Labute approximate surface area is 201 Å². The third kappa shape index (κ3) is 4.94. The minimum Gasteiger partial charge on any atom is -0.352 e. The Morgan fingerprint density at radius 2 is 1.82 bits per heavy atom. The van der Waals surface area contributed by atoms with E-state index < -0.39 is 17.6 Å². The van der Waals surface area contributed by atoms with Crippen molar-refractivity contribution in [2.24, 2.45) is 5.92 Å². The van der Waals surface area contributed by atoms with E-state index in [1.165, 1.54) is 12.1 Å². The van der Waals surface area contributed by atoms with Crippen molar-refractivity contribution >= 4 is 46.4 Å². The van der Waals surface area contributed by atoms with Gasteiger partial charge in [-0.05, 0) is 55.2 Å². The molecule has 0 saturated heterocycles. The number of hydrogen-bond acceptors (Lipinski definition) is 3. The predicted octanol–water partition coefficient (Wildman–Crippen LogP) is 6.54. The molecule has 1 amide bonds. The molecule has 1 aliphatic carbocycles. The first-order chi connectivity index (χ1) is 15.5. The summed E-state index contributed by atoms with van der Waals surface area (Å²) in [7, 11) is 0. The molecular formula is C22H17Cl3F4N2O2. The molecule has 2 N–H and O–H groups in total. The lowest BCUT2D eigenvalue weighted by Crippen LogP contribution is -2.42. The minimum atomic E-state index is -4.90. The van der Waals surface area contributed by atoms with Crippen LogP contribution in [-0.2, 0) is 21.8 Å². The fourth-order valence-corrected chi connectivity index (χ4v) is 4.08. The number of carbonyl (C=O) groups is 1. The van der Waals surface area contributed by atoms with Gasteiger partial charge in [0.05, 0.1) is 20.8 Å². The summed E-state index contributed by atoms with van der Waals surface area (Å²) in [6, 6.07) is 5.82. The quantitative estimate of drug-likeness (QED) is 0.334. The van der Waals surface area contributed by atoms with E-state index in [0.29, 0.717) is 12.3 Å². The number of alkyl halides is 3. The summed E-state index contributed by atoms with van der Waals surface area (Å²) in [5, 5.41) is 2.22. The number of hydroxylamine groups is 1. The lowest BCUT2D eigenvalue weighted by atomic mass is 9.91. The molecule has 0 spiro atoms. The molecule has 1 saturated carbocycles. The standard InChI is InChI=1S/C22H17Cl3F4N2O2/c23-15-7-14(8-16(24)20(15)25)21(22(27,28)29)9-18(31-33-21)12-3-4-17(26)13(6-12)10-30-19(32)5-11-1-2-11/h3-4,6-9,11,31H,1-2,5,10H2,(H,30,32). The lowest BCUT2D eigenvalue weighted by Gasteiger charge is -2.29. The summed E-state index contributed by atoms with van der Waals surface area (Å²) in [5.74, 6) is -0.420. The maximum atomic E-state index is 14.3. The van der Waals surface area contributed by atoms with Crippen LogP contribution in [0.4, 0.5) is 17.6 Å². The fraction of sp³-hybridized carbons (Fsp3) is 0.318. The van der Waals surface area contributed by atoms with Gasteiger partial charge >= 0.3 is 6.18 Å². The number of carbonyl (C=O) groups excluding carboxylic acids is 1. The van der Waals surface area contributed by atoms with Crippen LogP contribution < -0.4 is 10.8 Å². The lowest BCUT2D eigenvalue weighted by molar-refractivity contribution is -0.269. The normalized spacial score (nSPS) is 20.4. The monoisotopic (exact) mass is 522 g/mol. The Balaban J connectivity index is 1.65. The van der Waals surface area contributed by atoms with E-state index in [1.54, 1.807) is 0 Å². The molecular weight excluding hydrogens is 507 g/mol. The van der Waals surface area contributed by atoms with Crippen LogP contribution in [-0.4, -0.2) is 12.1 Å². The van der Waals surface area contributed by atoms with Crippen LogP contribution >= 0.6 is 34.8 Å². The van der Waals surface area contributed by atoms with Crippen molar-refractivity contribution in [1.82, 2.24) is 10.8 Å². The highest BCUT2D eigenvalue weighted by atomic mass is 35.5. The zero-order valence-corrected chi connectivity index (χ0v) is 19.1. The maximum absolute atomic E-state index is 14.3. The van der Waals surface area contributed by atoms with Crippen LogP contribution in [0, 0.1) is 11.7 Å². The SMILES string of the molecule is O=C(CC1CC1)NCc1cc(C2=CC(c3cc(Cl)c(Cl)c(Cl)c3)(C(F)(F)F)ON2)ccc1F. The second-order valence-electron chi connectivity index (χ2n) is 7.98. The summed E-state index contributed by atoms with van der Waals surface area (Å²) in [6.07, 6.45) is -1.69. The Morgan fingerprint density at radius 1 is 1.15 bits per heavy atom. The van der Waals surface area contributed by atoms with E-state index in [0.717, 1.165) is 37.1 Å². The van der Waals surface area contributed by atoms with Crippen LogP contribution in [0.3, 0.4) is 0 Å². The molecule has 1 atom stereocenters. The van der Waals surface area contributed by atoms with Crippen molar-refractivity contribution < 1.29 is 27.2 Å². The van der Waals surface area contributed by atoms with Crippen LogP contribution in [0.5, 0.6) is 0 Å². The second kappa shape index (κ2) is 8.98. The van der Waals surface area contributed by atoms with Crippen molar-refractivity contribution in [3.05, 3.63) is 74.0 Å². The van der Waals surface area contributed by atoms with E-state index in [9.17, 15) is 22.4 Å². The molecule has 4 nitrogen and oxygen atoms in total. The first-order valence-corrected chi connectivity index (χ1v) is 11.1. The Kier molecular flexibility index (Phi) is 6.57. The highest BCUT2D eigenvalue weighted by molar-refractivity contribution is 6.48. The van der Waals surface area contributed by atoms with Gasteiger partial charge in [0.15, 0.2) is 0 Å². The first kappa shape index (κ1) is 24.1. The molecule has 1 fully saturated rings. The minimum absolute atomic E-state index is 0.0416. The third-order valence-corrected chi connectivity index (χ3v) is 6.70. The van der Waals surface area contributed by atoms with Gasteiger partial charge in [0.25, 0.3) is 0 Å². The van der Waals surface area contributed by atoms with E-state index in [-0.39, 0.29) is 49.9 Å². The molecule has 0 aromatic heterocycles. The molecule has 0 radical (unpaired) electrons. The summed E-state index contributed by atoms with van der Waals surface area (Å²) in [4.78, 5) is 17.0. The molecule has 1 unspecified atom stereocenters. The molecule has 176 valence electrons. The Bertz CT molecular complexity index is 1110. The van der Waals surface area contributed by atoms with E-state index in [4.69, 9.17) is 39.6 Å². The van der Waals surface area contributed by atoms with Gasteiger partial charge in [-0.2, -0.15) is 13.2 Å². The summed E-state index contributed by atoms with van der Waals surface area (Å²) >= 11 is 17.8. The van der Waals surface area contributed by atoms with Crippen molar-refractivity contribution in [2.45, 2.75) is 37.6 Å². The zero-order chi connectivity index (χ0) is 24.0. The van der Waals surface area contributed by atoms with E-state index in [2.05, 4.69) is 10.8 Å². The summed E-state index contributed by atoms with van der Waals surface area (Å²) < 4.78 is 56.8. The second-order valence-corrected chi connectivity index (χ2v) is 9.17. The smallest absolute Gasteiger partial charge is 0.352 e. The van der Waals surface area contributed by atoms with Gasteiger partial charge in [-0.15, -0.1) is 0 Å². The van der Waals surface area contributed by atoms with Gasteiger partial charge in [0.1, 0.15) is 5.82 Å². The van der Waals surface area contributed by atoms with Gasteiger partial charge < -0.3 is 5.32 Å². The number of amides is 1. The Morgan fingerprint density at radius 3 is 2.42 bits per heavy atom. The highest BCUT2D eigenvalue weighted by Crippen LogP contribution is 2.49. The molecule has 4 rings (SSSR count). The molecule has 2 aromatic rings. The predicted molar refractivity (Wildman–Crippen MR) is 117 cm³/mol. The molecule has 33 heavy (non-hydrogen) atoms. The molecule has 1 aliphatic heterocycles. The molecule has 2 aromatic carbocycles. The average Bonchev–Trinajstić information content (AvgIpc) is 3.43. The van der Waals surface area contributed by atoms with Crippen LogP contribution in [0.25, 0.3) is 5.70 Å². The number of hydrogen-bond donors (Lipinski definition) is 2. The van der Waals surface area contributed by atoms with Crippen molar-refractivity contribution in [2.75, 3.05) is 0 Å². The van der Waals surface area contributed by atoms with Crippen molar-refractivity contribution in [3.63, 3.8) is 0 Å². The van der Waals surface area contributed by atoms with Crippen molar-refractivity contribution in [3.8, 4) is 0 Å². The van der Waals surface area contributed by atoms with E-state index >= 15 is 0 Å². The zero-order valence-electron chi connectivity index (χ0n) is 16.8. The van der Waals surface area contributed by atoms with Gasteiger partial charge in [0, 0.05) is 29.7 Å². The molecule has 0 bridgehead atoms. The number of benzene rings is 2. The highest BCUT2D eigenvalue weighted by Gasteiger charge is 2.59. The number of nitrogens with one attached hydrogen (secondary N) is 2. The van der Waals surface area contributed by atoms with E-state index in [1.807, 2.05) is 0 Å². The Hall–Kier alpha value is -2.00. The van der Waals surface area contributed by atoms with Gasteiger partial charge in [0.2, 0.25) is 11.5 Å². The third-order valence-electron chi connectivity index (χ3n) is 5.51. The van der Waals surface area contributed by atoms with Crippen molar-refractivity contribution in [1.29, 1.82) is 0 Å². The summed E-state index contributed by atoms with van der Waals surface area (Å²) in [6.45, 7) is -0.0911. The fourth-order valence-electron chi connectivity index (χ4n) is 3.48. The topological polar surface area (TPSA) is 50.4 Å².